The third kappa shape index (κ3) is 2.03. The maximum atomic E-state index is 10.5. The molecule has 5 nitrogen and oxygen atoms in total. The van der Waals surface area contributed by atoms with Crippen LogP contribution in [0.15, 0.2) is 0 Å². The smallest absolute Gasteiger partial charge is 0.180 e. The first-order valence-electron chi connectivity index (χ1n) is 7.86. The molecule has 0 radical (unpaired) electrons. The highest BCUT2D eigenvalue weighted by Gasteiger charge is 2.61. The molecule has 2 aliphatic carbocycles. The normalized spacial score (nSPS) is 45.9. The van der Waals surface area contributed by atoms with Gasteiger partial charge in [0, 0.05) is 17.3 Å². The van der Waals surface area contributed by atoms with Crippen molar-refractivity contribution in [3.05, 3.63) is 0 Å². The summed E-state index contributed by atoms with van der Waals surface area (Å²) in [6.45, 7) is 5.81. The van der Waals surface area contributed by atoms with Gasteiger partial charge in [0.1, 0.15) is 12.5 Å². The first-order chi connectivity index (χ1) is 9.36. The van der Waals surface area contributed by atoms with E-state index in [4.69, 9.17) is 4.84 Å². The van der Waals surface area contributed by atoms with Crippen LogP contribution in [0.3, 0.4) is 0 Å². The van der Waals surface area contributed by atoms with E-state index in [2.05, 4.69) is 0 Å². The Morgan fingerprint density at radius 3 is 2.10 bits per heavy atom. The summed E-state index contributed by atoms with van der Waals surface area (Å²) in [7, 11) is 0. The van der Waals surface area contributed by atoms with Gasteiger partial charge < -0.3 is 15.3 Å². The Labute approximate surface area is 120 Å². The topological polar surface area (TPSA) is 73.2 Å². The monoisotopic (exact) mass is 285 g/mol. The molecule has 1 saturated heterocycles. The molecule has 0 aromatic rings. The van der Waals surface area contributed by atoms with Crippen LogP contribution in [0.4, 0.5) is 0 Å². The van der Waals surface area contributed by atoms with Crippen molar-refractivity contribution in [2.24, 2.45) is 29.1 Å². The second-order valence-electron chi connectivity index (χ2n) is 7.47. The van der Waals surface area contributed by atoms with Crippen molar-refractivity contribution in [1.82, 2.24) is 5.06 Å². The second-order valence-corrected chi connectivity index (χ2v) is 7.47. The lowest BCUT2D eigenvalue weighted by Crippen LogP contribution is -2.45. The van der Waals surface area contributed by atoms with Crippen LogP contribution in [-0.2, 0) is 4.84 Å². The summed E-state index contributed by atoms with van der Waals surface area (Å²) in [5.41, 5.74) is -0.407. The summed E-state index contributed by atoms with van der Waals surface area (Å²) < 4.78 is 0. The fourth-order valence-corrected chi connectivity index (χ4v) is 4.32. The predicted molar refractivity (Wildman–Crippen MR) is 72.8 cm³/mol. The van der Waals surface area contributed by atoms with Crippen molar-refractivity contribution in [3.63, 3.8) is 0 Å². The van der Waals surface area contributed by atoms with Crippen molar-refractivity contribution in [2.45, 2.75) is 65.2 Å². The van der Waals surface area contributed by atoms with Crippen LogP contribution in [0.25, 0.3) is 0 Å². The van der Waals surface area contributed by atoms with Crippen molar-refractivity contribution >= 4 is 0 Å². The van der Waals surface area contributed by atoms with Gasteiger partial charge in [-0.05, 0) is 37.5 Å². The molecule has 0 amide bonds. The number of fused-ring (bicyclic) bond motifs is 5. The molecule has 5 heteroatoms. The molecule has 116 valence electrons. The van der Waals surface area contributed by atoms with E-state index < -0.39 is 24.2 Å². The van der Waals surface area contributed by atoms with Crippen molar-refractivity contribution < 1.29 is 20.2 Å². The molecule has 0 spiro atoms. The molecule has 2 saturated carbocycles. The summed E-state index contributed by atoms with van der Waals surface area (Å²) in [6, 6.07) is 0. The van der Waals surface area contributed by atoms with Gasteiger partial charge in [0.15, 0.2) is 6.29 Å². The maximum Gasteiger partial charge on any atom is 0.180 e. The van der Waals surface area contributed by atoms with Crippen LogP contribution in [0.2, 0.25) is 0 Å². The average molecular weight is 285 g/mol. The molecular formula is C15H27NO4. The Morgan fingerprint density at radius 1 is 1.15 bits per heavy atom. The molecule has 0 aromatic heterocycles. The van der Waals surface area contributed by atoms with Gasteiger partial charge in [0.25, 0.3) is 0 Å². The zero-order chi connectivity index (χ0) is 14.7. The summed E-state index contributed by atoms with van der Waals surface area (Å²) in [5, 5.41) is 32.4. The Hall–Kier alpha value is -0.200. The van der Waals surface area contributed by atoms with E-state index in [1.165, 1.54) is 5.06 Å². The van der Waals surface area contributed by atoms with Crippen molar-refractivity contribution in [2.75, 3.05) is 0 Å². The van der Waals surface area contributed by atoms with E-state index in [1.54, 1.807) is 0 Å². The second kappa shape index (κ2) is 4.92. The van der Waals surface area contributed by atoms with Crippen LogP contribution in [0.5, 0.6) is 0 Å². The SMILES string of the molecule is CCC(C)(C)[C@H](O)ON1C(O)C2C3CCC(C3)C2C1O. The largest absolute Gasteiger partial charge is 0.376 e. The van der Waals surface area contributed by atoms with Crippen LogP contribution in [0, 0.1) is 29.1 Å². The number of nitrogens with zero attached hydrogens (tertiary/aromatic N) is 1. The minimum absolute atomic E-state index is 0.0979. The third-order valence-corrected chi connectivity index (χ3v) is 6.06. The Bertz CT molecular complexity index is 353. The molecule has 7 atom stereocenters. The molecule has 3 fully saturated rings. The molecule has 1 aliphatic heterocycles. The van der Waals surface area contributed by atoms with Crippen LogP contribution in [0.1, 0.15) is 46.5 Å². The standard InChI is InChI=1S/C15H27NO4/c1-4-15(2,3)14(19)20-16-12(17)10-8-5-6-9(7-8)11(10)13(16)18/h8-14,17-19H,4-7H2,1-3H3/t8?,9?,10?,11?,12?,13?,14-/m1/s1. The summed E-state index contributed by atoms with van der Waals surface area (Å²) in [6.07, 6.45) is 1.56. The minimum Gasteiger partial charge on any atom is -0.376 e. The first-order valence-corrected chi connectivity index (χ1v) is 7.86. The van der Waals surface area contributed by atoms with Gasteiger partial charge in [-0.15, -0.1) is 5.06 Å². The van der Waals surface area contributed by atoms with Gasteiger partial charge in [-0.3, -0.25) is 4.84 Å². The average Bonchev–Trinajstić information content (AvgIpc) is 3.08. The van der Waals surface area contributed by atoms with Crippen molar-refractivity contribution in [3.8, 4) is 0 Å². The number of aliphatic hydroxyl groups is 3. The Balaban J connectivity index is 1.72. The molecule has 20 heavy (non-hydrogen) atoms. The zero-order valence-corrected chi connectivity index (χ0v) is 12.6. The Morgan fingerprint density at radius 2 is 1.65 bits per heavy atom. The zero-order valence-electron chi connectivity index (χ0n) is 12.6. The fraction of sp³-hybridized carbons (Fsp3) is 1.00. The summed E-state index contributed by atoms with van der Waals surface area (Å²) >= 11 is 0. The predicted octanol–water partition coefficient (Wildman–Crippen LogP) is 1.29. The summed E-state index contributed by atoms with van der Waals surface area (Å²) in [5.74, 6) is 1.19. The van der Waals surface area contributed by atoms with E-state index in [-0.39, 0.29) is 11.8 Å². The van der Waals surface area contributed by atoms with Crippen LogP contribution in [-0.4, -0.2) is 39.1 Å². The van der Waals surface area contributed by atoms with Crippen LogP contribution >= 0.6 is 0 Å². The number of aliphatic hydroxyl groups excluding tert-OH is 3. The summed E-state index contributed by atoms with van der Waals surface area (Å²) in [4.78, 5) is 5.54. The molecule has 1 heterocycles. The maximum absolute atomic E-state index is 10.5. The number of hydroxylamine groups is 2. The van der Waals surface area contributed by atoms with E-state index >= 15 is 0 Å². The van der Waals surface area contributed by atoms with Gasteiger partial charge in [0.05, 0.1) is 0 Å². The third-order valence-electron chi connectivity index (χ3n) is 6.06. The van der Waals surface area contributed by atoms with Gasteiger partial charge in [-0.1, -0.05) is 20.8 Å². The molecular weight excluding hydrogens is 258 g/mol. The number of rotatable bonds is 4. The van der Waals surface area contributed by atoms with E-state index in [0.29, 0.717) is 11.8 Å². The molecule has 3 rings (SSSR count). The Kier molecular flexibility index (Phi) is 3.62. The van der Waals surface area contributed by atoms with E-state index in [1.807, 2.05) is 20.8 Å². The molecule has 0 aromatic carbocycles. The fourth-order valence-electron chi connectivity index (χ4n) is 4.32. The minimum atomic E-state index is -1.02. The lowest BCUT2D eigenvalue weighted by molar-refractivity contribution is -0.364. The number of hydrogen-bond donors (Lipinski definition) is 3. The van der Waals surface area contributed by atoms with Gasteiger partial charge in [-0.2, -0.15) is 0 Å². The highest BCUT2D eigenvalue weighted by molar-refractivity contribution is 5.04. The highest BCUT2D eigenvalue weighted by atomic mass is 16.8. The molecule has 2 bridgehead atoms. The molecule has 3 N–H and O–H groups in total. The van der Waals surface area contributed by atoms with Gasteiger partial charge in [0.2, 0.25) is 0 Å². The van der Waals surface area contributed by atoms with Gasteiger partial charge >= 0.3 is 0 Å². The van der Waals surface area contributed by atoms with Crippen molar-refractivity contribution in [1.29, 1.82) is 0 Å². The quantitative estimate of drug-likeness (QED) is 0.679. The lowest BCUT2D eigenvalue weighted by Gasteiger charge is -2.35. The van der Waals surface area contributed by atoms with Crippen LogP contribution < -0.4 is 0 Å². The van der Waals surface area contributed by atoms with E-state index in [9.17, 15) is 15.3 Å². The van der Waals surface area contributed by atoms with E-state index in [0.717, 1.165) is 25.7 Å². The lowest BCUT2D eigenvalue weighted by atomic mass is 9.80. The molecule has 3 aliphatic rings. The highest BCUT2D eigenvalue weighted by Crippen LogP contribution is 2.58. The molecule has 6 unspecified atom stereocenters. The number of hydrogen-bond acceptors (Lipinski definition) is 5. The van der Waals surface area contributed by atoms with Gasteiger partial charge in [-0.25, -0.2) is 0 Å². The first kappa shape index (κ1) is 14.7.